The van der Waals surface area contributed by atoms with Crippen molar-refractivity contribution < 1.29 is 13.5 Å². The third-order valence-electron chi connectivity index (χ3n) is 6.49. The third kappa shape index (κ3) is 1.90. The summed E-state index contributed by atoms with van der Waals surface area (Å²) in [6.07, 6.45) is 5.19. The highest BCUT2D eigenvalue weighted by molar-refractivity contribution is 7.92. The van der Waals surface area contributed by atoms with Gasteiger partial charge < -0.3 is 5.11 Å². The normalized spacial score (nSPS) is 33.7. The van der Waals surface area contributed by atoms with Crippen molar-refractivity contribution in [3.8, 4) is 0 Å². The minimum atomic E-state index is -3.06. The summed E-state index contributed by atoms with van der Waals surface area (Å²) in [6.45, 7) is 0. The zero-order valence-corrected chi connectivity index (χ0v) is 14.5. The molecule has 1 aliphatic carbocycles. The maximum absolute atomic E-state index is 12.6. The zero-order valence-electron chi connectivity index (χ0n) is 13.7. The molecule has 0 radical (unpaired) electrons. The van der Waals surface area contributed by atoms with Crippen molar-refractivity contribution >= 4 is 20.6 Å². The second kappa shape index (κ2) is 4.83. The molecule has 0 amide bonds. The van der Waals surface area contributed by atoms with E-state index in [1.807, 2.05) is 0 Å². The topological polar surface area (TPSA) is 54.4 Å². The van der Waals surface area contributed by atoms with Crippen molar-refractivity contribution in [3.05, 3.63) is 47.0 Å². The van der Waals surface area contributed by atoms with Gasteiger partial charge in [0.15, 0.2) is 9.84 Å². The quantitative estimate of drug-likeness (QED) is 0.865. The molecule has 2 fully saturated rings. The number of benzene rings is 2. The van der Waals surface area contributed by atoms with Gasteiger partial charge in [0.1, 0.15) is 0 Å². The van der Waals surface area contributed by atoms with E-state index in [2.05, 4.69) is 30.3 Å². The molecule has 2 unspecified atom stereocenters. The smallest absolute Gasteiger partial charge is 0.156 e. The molecule has 126 valence electrons. The van der Waals surface area contributed by atoms with Crippen molar-refractivity contribution in [1.29, 1.82) is 0 Å². The van der Waals surface area contributed by atoms with Gasteiger partial charge in [-0.3, -0.25) is 0 Å². The summed E-state index contributed by atoms with van der Waals surface area (Å²) < 4.78 is 25.2. The van der Waals surface area contributed by atoms with Crippen molar-refractivity contribution in [1.82, 2.24) is 0 Å². The summed E-state index contributed by atoms with van der Waals surface area (Å²) in [6, 6.07) is 10.5. The number of sulfone groups is 1. The maximum Gasteiger partial charge on any atom is 0.156 e. The molecule has 0 spiro atoms. The molecule has 3 nitrogen and oxygen atoms in total. The Balaban J connectivity index is 1.69. The van der Waals surface area contributed by atoms with Gasteiger partial charge in [-0.2, -0.15) is 0 Å². The van der Waals surface area contributed by atoms with Crippen molar-refractivity contribution in [2.24, 2.45) is 0 Å². The lowest BCUT2D eigenvalue weighted by atomic mass is 9.78. The van der Waals surface area contributed by atoms with E-state index in [-0.39, 0.29) is 10.5 Å². The average molecular weight is 342 g/mol. The van der Waals surface area contributed by atoms with Gasteiger partial charge in [-0.25, -0.2) is 8.42 Å². The van der Waals surface area contributed by atoms with Crippen LogP contribution in [-0.2, 0) is 28.3 Å². The Morgan fingerprint density at radius 2 is 1.62 bits per heavy atom. The monoisotopic (exact) mass is 342 g/mol. The first-order valence-corrected chi connectivity index (χ1v) is 10.6. The Kier molecular flexibility index (Phi) is 3.00. The average Bonchev–Trinajstić information content (AvgIpc) is 2.95. The molecule has 2 heterocycles. The van der Waals surface area contributed by atoms with Crippen LogP contribution >= 0.6 is 0 Å². The maximum atomic E-state index is 12.6. The summed E-state index contributed by atoms with van der Waals surface area (Å²) in [7, 11) is -3.06. The minimum absolute atomic E-state index is 0.352. The Bertz CT molecular complexity index is 915. The standard InChI is InChI=1S/C20H22O3S/c21-20(11-15-4-2-5-16(12-20)24(15,22)23)18-10-9-14-8-7-13-3-1-6-17(18)19(13)14/h1,3,6,9-10,15-16,21H,2,4-5,7-8,11-12H2. The molecule has 5 rings (SSSR count). The summed E-state index contributed by atoms with van der Waals surface area (Å²) in [5.41, 5.74) is 2.64. The SMILES string of the molecule is O=S1(=O)C2CCCC1CC(O)(c1ccc3c4c(cccc14)CC3)C2. The Morgan fingerprint density at radius 3 is 2.33 bits per heavy atom. The predicted octanol–water partition coefficient (Wildman–Crippen LogP) is 3.26. The summed E-state index contributed by atoms with van der Waals surface area (Å²) in [5, 5.41) is 13.2. The molecule has 0 aromatic heterocycles. The molecule has 0 saturated carbocycles. The molecular formula is C20H22O3S. The van der Waals surface area contributed by atoms with Crippen LogP contribution in [0.25, 0.3) is 10.8 Å². The van der Waals surface area contributed by atoms with Crippen LogP contribution in [0.3, 0.4) is 0 Å². The van der Waals surface area contributed by atoms with Crippen molar-refractivity contribution in [2.45, 2.75) is 61.0 Å². The van der Waals surface area contributed by atoms with Crippen LogP contribution in [0, 0.1) is 0 Å². The Morgan fingerprint density at radius 1 is 0.958 bits per heavy atom. The largest absolute Gasteiger partial charge is 0.385 e. The van der Waals surface area contributed by atoms with Gasteiger partial charge in [0.25, 0.3) is 0 Å². The van der Waals surface area contributed by atoms with Crippen LogP contribution in [0.5, 0.6) is 0 Å². The summed E-state index contributed by atoms with van der Waals surface area (Å²) in [5.74, 6) is 0. The molecule has 2 bridgehead atoms. The number of rotatable bonds is 1. The second-order valence-corrected chi connectivity index (χ2v) is 10.3. The van der Waals surface area contributed by atoms with Crippen LogP contribution in [-0.4, -0.2) is 24.0 Å². The lowest BCUT2D eigenvalue weighted by Crippen LogP contribution is -2.50. The van der Waals surface area contributed by atoms with Crippen LogP contribution in [0.2, 0.25) is 0 Å². The number of aryl methyl sites for hydroxylation is 2. The molecular weight excluding hydrogens is 320 g/mol. The van der Waals surface area contributed by atoms with Crippen molar-refractivity contribution in [2.75, 3.05) is 0 Å². The first-order chi connectivity index (χ1) is 11.5. The molecule has 2 aromatic rings. The van der Waals surface area contributed by atoms with Crippen LogP contribution < -0.4 is 0 Å². The highest BCUT2D eigenvalue weighted by atomic mass is 32.2. The fourth-order valence-electron chi connectivity index (χ4n) is 5.32. The highest BCUT2D eigenvalue weighted by Gasteiger charge is 2.51. The van der Waals surface area contributed by atoms with E-state index in [0.29, 0.717) is 25.7 Å². The van der Waals surface area contributed by atoms with Gasteiger partial charge in [-0.15, -0.1) is 0 Å². The first-order valence-electron chi connectivity index (χ1n) is 8.98. The van der Waals surface area contributed by atoms with Crippen LogP contribution in [0.15, 0.2) is 30.3 Å². The molecule has 2 aliphatic heterocycles. The van der Waals surface area contributed by atoms with Gasteiger partial charge in [0.2, 0.25) is 0 Å². The lowest BCUT2D eigenvalue weighted by Gasteiger charge is -2.44. The van der Waals surface area contributed by atoms with Gasteiger partial charge in [-0.1, -0.05) is 36.8 Å². The van der Waals surface area contributed by atoms with Gasteiger partial charge in [0, 0.05) is 0 Å². The molecule has 4 heteroatoms. The number of fused-ring (bicyclic) bond motifs is 2. The number of hydrogen-bond acceptors (Lipinski definition) is 3. The molecule has 2 saturated heterocycles. The van der Waals surface area contributed by atoms with Crippen LogP contribution in [0.1, 0.15) is 48.8 Å². The first kappa shape index (κ1) is 14.9. The third-order valence-corrected chi connectivity index (χ3v) is 9.15. The molecule has 3 aliphatic rings. The molecule has 1 N–H and O–H groups in total. The fraction of sp³-hybridized carbons (Fsp3) is 0.500. The Labute approximate surface area is 142 Å². The predicted molar refractivity (Wildman–Crippen MR) is 94.8 cm³/mol. The van der Waals surface area contributed by atoms with Gasteiger partial charge >= 0.3 is 0 Å². The van der Waals surface area contributed by atoms with E-state index >= 15 is 0 Å². The highest BCUT2D eigenvalue weighted by Crippen LogP contribution is 2.48. The number of aliphatic hydroxyl groups is 1. The minimum Gasteiger partial charge on any atom is -0.385 e. The lowest BCUT2D eigenvalue weighted by molar-refractivity contribution is 0.00639. The van der Waals surface area contributed by atoms with E-state index in [1.165, 1.54) is 16.5 Å². The van der Waals surface area contributed by atoms with Gasteiger partial charge in [-0.05, 0) is 66.0 Å². The van der Waals surface area contributed by atoms with Crippen LogP contribution in [0.4, 0.5) is 0 Å². The van der Waals surface area contributed by atoms with E-state index in [0.717, 1.165) is 30.2 Å². The summed E-state index contributed by atoms with van der Waals surface area (Å²) >= 11 is 0. The second-order valence-electron chi connectivity index (χ2n) is 7.82. The Hall–Kier alpha value is -1.39. The fourth-order valence-corrected chi connectivity index (χ4v) is 7.87. The van der Waals surface area contributed by atoms with E-state index in [9.17, 15) is 13.5 Å². The number of hydrogen-bond donors (Lipinski definition) is 1. The molecule has 24 heavy (non-hydrogen) atoms. The summed E-state index contributed by atoms with van der Waals surface area (Å²) in [4.78, 5) is 0. The van der Waals surface area contributed by atoms with Crippen molar-refractivity contribution in [3.63, 3.8) is 0 Å². The molecule has 2 atom stereocenters. The van der Waals surface area contributed by atoms with E-state index < -0.39 is 15.4 Å². The zero-order chi connectivity index (χ0) is 16.5. The van der Waals surface area contributed by atoms with E-state index in [1.54, 1.807) is 0 Å². The van der Waals surface area contributed by atoms with Gasteiger partial charge in [0.05, 0.1) is 16.1 Å². The van der Waals surface area contributed by atoms with E-state index in [4.69, 9.17) is 0 Å². The molecule has 2 aromatic carbocycles.